The molecule has 0 spiro atoms. The molecule has 27 heavy (non-hydrogen) atoms. The molecule has 1 aromatic heterocycles. The Balaban J connectivity index is 1.65. The van der Waals surface area contributed by atoms with Crippen LogP contribution in [0, 0.1) is 0 Å². The fraction of sp³-hybridized carbons (Fsp3) is 0.238. The Hall–Kier alpha value is -3.12. The van der Waals surface area contributed by atoms with Gasteiger partial charge in [-0.2, -0.15) is 0 Å². The second-order valence-electron chi connectivity index (χ2n) is 6.09. The molecule has 0 bridgehead atoms. The normalized spacial score (nSPS) is 11.8. The summed E-state index contributed by atoms with van der Waals surface area (Å²) in [5.41, 5.74) is 2.03. The lowest BCUT2D eigenvalue weighted by Crippen LogP contribution is -2.13. The Morgan fingerprint density at radius 2 is 1.96 bits per heavy atom. The van der Waals surface area contributed by atoms with Gasteiger partial charge in [0.15, 0.2) is 0 Å². The largest absolute Gasteiger partial charge is 0.497 e. The first-order chi connectivity index (χ1) is 13.1. The SMILES string of the molecule is COc1ccc(C(O)CCC(=O)Nc2cccc3cccnc23)c(OC)c1. The summed E-state index contributed by atoms with van der Waals surface area (Å²) in [6.07, 6.45) is 1.31. The Morgan fingerprint density at radius 1 is 1.15 bits per heavy atom. The number of hydrogen-bond donors (Lipinski definition) is 2. The van der Waals surface area contributed by atoms with E-state index in [9.17, 15) is 9.90 Å². The summed E-state index contributed by atoms with van der Waals surface area (Å²) in [6, 6.07) is 14.6. The summed E-state index contributed by atoms with van der Waals surface area (Å²) < 4.78 is 10.5. The van der Waals surface area contributed by atoms with Gasteiger partial charge in [-0.3, -0.25) is 9.78 Å². The number of aromatic nitrogens is 1. The zero-order chi connectivity index (χ0) is 19.2. The maximum Gasteiger partial charge on any atom is 0.224 e. The van der Waals surface area contributed by atoms with Crippen LogP contribution in [0.15, 0.2) is 54.7 Å². The van der Waals surface area contributed by atoms with Crippen molar-refractivity contribution in [3.05, 3.63) is 60.3 Å². The predicted octanol–water partition coefficient (Wildman–Crippen LogP) is 3.70. The molecule has 6 nitrogen and oxygen atoms in total. The van der Waals surface area contributed by atoms with E-state index in [1.54, 1.807) is 31.5 Å². The molecule has 1 heterocycles. The third kappa shape index (κ3) is 4.35. The van der Waals surface area contributed by atoms with Gasteiger partial charge in [0.25, 0.3) is 0 Å². The van der Waals surface area contributed by atoms with Gasteiger partial charge in [0.05, 0.1) is 31.5 Å². The zero-order valence-electron chi connectivity index (χ0n) is 15.3. The molecule has 3 rings (SSSR count). The topological polar surface area (TPSA) is 80.7 Å². The highest BCUT2D eigenvalue weighted by Gasteiger charge is 2.16. The van der Waals surface area contributed by atoms with E-state index in [1.807, 2.05) is 30.3 Å². The van der Waals surface area contributed by atoms with Crippen LogP contribution in [0.3, 0.4) is 0 Å². The van der Waals surface area contributed by atoms with E-state index in [0.717, 1.165) is 10.9 Å². The number of hydrogen-bond acceptors (Lipinski definition) is 5. The molecule has 3 aromatic rings. The molecule has 0 fully saturated rings. The lowest BCUT2D eigenvalue weighted by molar-refractivity contribution is -0.116. The Bertz CT molecular complexity index is 937. The third-order valence-corrected chi connectivity index (χ3v) is 4.35. The third-order valence-electron chi connectivity index (χ3n) is 4.35. The lowest BCUT2D eigenvalue weighted by Gasteiger charge is -2.16. The highest BCUT2D eigenvalue weighted by atomic mass is 16.5. The average Bonchev–Trinajstić information content (AvgIpc) is 2.71. The summed E-state index contributed by atoms with van der Waals surface area (Å²) in [6.45, 7) is 0. The van der Waals surface area contributed by atoms with Crippen molar-refractivity contribution >= 4 is 22.5 Å². The van der Waals surface area contributed by atoms with Crippen LogP contribution in [-0.4, -0.2) is 30.2 Å². The monoisotopic (exact) mass is 366 g/mol. The van der Waals surface area contributed by atoms with E-state index < -0.39 is 6.10 Å². The number of anilines is 1. The molecule has 0 aliphatic carbocycles. The van der Waals surface area contributed by atoms with Gasteiger partial charge in [-0.25, -0.2) is 0 Å². The van der Waals surface area contributed by atoms with Gasteiger partial charge < -0.3 is 19.9 Å². The minimum absolute atomic E-state index is 0.166. The zero-order valence-corrected chi connectivity index (χ0v) is 15.3. The van der Waals surface area contributed by atoms with Crippen molar-refractivity contribution < 1.29 is 19.4 Å². The number of methoxy groups -OCH3 is 2. The number of amides is 1. The van der Waals surface area contributed by atoms with Crippen LogP contribution < -0.4 is 14.8 Å². The molecular formula is C21H22N2O4. The number of carbonyl (C=O) groups is 1. The van der Waals surface area contributed by atoms with Gasteiger partial charge in [-0.15, -0.1) is 0 Å². The standard InChI is InChI=1S/C21H22N2O4/c1-26-15-8-9-16(19(13-15)27-2)18(24)10-11-20(25)23-17-7-3-5-14-6-4-12-22-21(14)17/h3-9,12-13,18,24H,10-11H2,1-2H3,(H,23,25). The molecule has 2 aromatic carbocycles. The number of ether oxygens (including phenoxy) is 2. The number of nitrogens with one attached hydrogen (secondary N) is 1. The van der Waals surface area contributed by atoms with Crippen LogP contribution in [-0.2, 0) is 4.79 Å². The van der Waals surface area contributed by atoms with Crippen molar-refractivity contribution in [1.29, 1.82) is 0 Å². The first-order valence-corrected chi connectivity index (χ1v) is 8.66. The van der Waals surface area contributed by atoms with Gasteiger partial charge in [0, 0.05) is 29.6 Å². The number of fused-ring (bicyclic) bond motifs is 1. The molecule has 1 atom stereocenters. The molecule has 0 saturated carbocycles. The molecule has 1 amide bonds. The molecular weight excluding hydrogens is 344 g/mol. The van der Waals surface area contributed by atoms with Gasteiger partial charge in [0.2, 0.25) is 5.91 Å². The van der Waals surface area contributed by atoms with Crippen molar-refractivity contribution in [3.8, 4) is 11.5 Å². The lowest BCUT2D eigenvalue weighted by atomic mass is 10.0. The van der Waals surface area contributed by atoms with Crippen LogP contribution >= 0.6 is 0 Å². The summed E-state index contributed by atoms with van der Waals surface area (Å²) in [5.74, 6) is 0.990. The summed E-state index contributed by atoms with van der Waals surface area (Å²) in [4.78, 5) is 16.7. The predicted molar refractivity (Wildman–Crippen MR) is 104 cm³/mol. The highest BCUT2D eigenvalue weighted by Crippen LogP contribution is 2.31. The summed E-state index contributed by atoms with van der Waals surface area (Å²) >= 11 is 0. The van der Waals surface area contributed by atoms with Crippen molar-refractivity contribution in [1.82, 2.24) is 4.98 Å². The van der Waals surface area contributed by atoms with Crippen molar-refractivity contribution in [2.24, 2.45) is 0 Å². The van der Waals surface area contributed by atoms with E-state index in [1.165, 1.54) is 7.11 Å². The smallest absolute Gasteiger partial charge is 0.224 e. The fourth-order valence-electron chi connectivity index (χ4n) is 2.93. The minimum Gasteiger partial charge on any atom is -0.497 e. The fourth-order valence-corrected chi connectivity index (χ4v) is 2.93. The molecule has 6 heteroatoms. The minimum atomic E-state index is -0.817. The molecule has 0 aliphatic heterocycles. The number of pyridine rings is 1. The van der Waals surface area contributed by atoms with Gasteiger partial charge in [-0.05, 0) is 30.7 Å². The number of benzene rings is 2. The quantitative estimate of drug-likeness (QED) is 0.666. The Labute approximate surface area is 157 Å². The number of aliphatic hydroxyl groups excluding tert-OH is 1. The molecule has 140 valence electrons. The van der Waals surface area contributed by atoms with E-state index in [2.05, 4.69) is 10.3 Å². The van der Waals surface area contributed by atoms with E-state index in [4.69, 9.17) is 9.47 Å². The molecule has 1 unspecified atom stereocenters. The maximum absolute atomic E-state index is 12.3. The number of aliphatic hydroxyl groups is 1. The maximum atomic E-state index is 12.3. The first-order valence-electron chi connectivity index (χ1n) is 8.66. The van der Waals surface area contributed by atoms with Crippen LogP contribution in [0.5, 0.6) is 11.5 Å². The van der Waals surface area contributed by atoms with E-state index in [0.29, 0.717) is 22.7 Å². The second-order valence-corrected chi connectivity index (χ2v) is 6.09. The van der Waals surface area contributed by atoms with Crippen LogP contribution in [0.4, 0.5) is 5.69 Å². The molecule has 0 saturated heterocycles. The Morgan fingerprint density at radius 3 is 2.74 bits per heavy atom. The number of para-hydroxylation sites is 1. The van der Waals surface area contributed by atoms with Crippen LogP contribution in [0.25, 0.3) is 10.9 Å². The van der Waals surface area contributed by atoms with E-state index >= 15 is 0 Å². The highest BCUT2D eigenvalue weighted by molar-refractivity contribution is 6.00. The van der Waals surface area contributed by atoms with Gasteiger partial charge in [0.1, 0.15) is 11.5 Å². The van der Waals surface area contributed by atoms with Crippen LogP contribution in [0.1, 0.15) is 24.5 Å². The van der Waals surface area contributed by atoms with E-state index in [-0.39, 0.29) is 18.7 Å². The van der Waals surface area contributed by atoms with Crippen molar-refractivity contribution in [3.63, 3.8) is 0 Å². The number of nitrogens with zero attached hydrogens (tertiary/aromatic N) is 1. The first kappa shape index (κ1) is 18.7. The molecule has 0 aliphatic rings. The Kier molecular flexibility index (Phi) is 5.88. The van der Waals surface area contributed by atoms with Gasteiger partial charge >= 0.3 is 0 Å². The van der Waals surface area contributed by atoms with Crippen molar-refractivity contribution in [2.75, 3.05) is 19.5 Å². The molecule has 0 radical (unpaired) electrons. The van der Waals surface area contributed by atoms with Crippen molar-refractivity contribution in [2.45, 2.75) is 18.9 Å². The van der Waals surface area contributed by atoms with Crippen LogP contribution in [0.2, 0.25) is 0 Å². The summed E-state index contributed by atoms with van der Waals surface area (Å²) in [7, 11) is 3.10. The number of rotatable bonds is 7. The molecule has 2 N–H and O–H groups in total. The average molecular weight is 366 g/mol. The number of carbonyl (C=O) groups excluding carboxylic acids is 1. The summed E-state index contributed by atoms with van der Waals surface area (Å²) in [5, 5.41) is 14.3. The van der Waals surface area contributed by atoms with Gasteiger partial charge in [-0.1, -0.05) is 18.2 Å². The second kappa shape index (κ2) is 8.51.